The molecule has 0 fully saturated rings. The number of ether oxygens (including phenoxy) is 1. The van der Waals surface area contributed by atoms with Gasteiger partial charge in [-0.05, 0) is 36.1 Å². The van der Waals surface area contributed by atoms with Crippen LogP contribution in [0.15, 0.2) is 24.5 Å². The molecule has 6 nitrogen and oxygen atoms in total. The Kier molecular flexibility index (Phi) is 3.60. The second-order valence-electron chi connectivity index (χ2n) is 6.06. The number of hydrogen-bond donors (Lipinski definition) is 2. The Morgan fingerprint density at radius 1 is 1.17 bits per heavy atom. The van der Waals surface area contributed by atoms with E-state index in [0.717, 1.165) is 16.7 Å². The summed E-state index contributed by atoms with van der Waals surface area (Å²) in [5, 5.41) is 1.15. The lowest BCUT2D eigenvalue weighted by atomic mass is 10.00. The molecule has 23 heavy (non-hydrogen) atoms. The molecule has 0 aliphatic heterocycles. The molecule has 2 heterocycles. The van der Waals surface area contributed by atoms with Crippen molar-refractivity contribution in [1.82, 2.24) is 14.5 Å². The van der Waals surface area contributed by atoms with Gasteiger partial charge in [0.2, 0.25) is 5.95 Å². The summed E-state index contributed by atoms with van der Waals surface area (Å²) in [4.78, 5) is 7.90. The van der Waals surface area contributed by atoms with E-state index in [-0.39, 0.29) is 11.8 Å². The highest BCUT2D eigenvalue weighted by molar-refractivity contribution is 5.86. The summed E-state index contributed by atoms with van der Waals surface area (Å²) in [5.74, 6) is 1.85. The van der Waals surface area contributed by atoms with Gasteiger partial charge in [0.1, 0.15) is 5.75 Å². The molecule has 0 saturated heterocycles. The van der Waals surface area contributed by atoms with Crippen molar-refractivity contribution in [2.75, 3.05) is 11.5 Å². The predicted molar refractivity (Wildman–Crippen MR) is 92.7 cm³/mol. The Morgan fingerprint density at radius 3 is 2.57 bits per heavy atom. The maximum atomic E-state index is 6.01. The van der Waals surface area contributed by atoms with Gasteiger partial charge in [-0.2, -0.15) is 4.98 Å². The van der Waals surface area contributed by atoms with Gasteiger partial charge in [-0.15, -0.1) is 0 Å². The van der Waals surface area contributed by atoms with Crippen molar-refractivity contribution in [2.24, 2.45) is 7.05 Å². The number of nitrogens with zero attached hydrogens (tertiary/aromatic N) is 3. The second kappa shape index (κ2) is 5.46. The van der Waals surface area contributed by atoms with E-state index in [1.165, 1.54) is 17.3 Å². The fourth-order valence-corrected chi connectivity index (χ4v) is 2.76. The van der Waals surface area contributed by atoms with E-state index in [0.29, 0.717) is 11.7 Å². The minimum Gasteiger partial charge on any atom is -0.452 e. The van der Waals surface area contributed by atoms with E-state index in [4.69, 9.17) is 16.2 Å². The van der Waals surface area contributed by atoms with Crippen LogP contribution in [-0.4, -0.2) is 14.5 Å². The number of hydrogen-bond acceptors (Lipinski definition) is 5. The normalized spacial score (nSPS) is 11.3. The summed E-state index contributed by atoms with van der Waals surface area (Å²) >= 11 is 0. The molecule has 3 rings (SSSR count). The minimum absolute atomic E-state index is 0.133. The van der Waals surface area contributed by atoms with Crippen molar-refractivity contribution in [1.29, 1.82) is 0 Å². The smallest absolute Gasteiger partial charge is 0.222 e. The highest BCUT2D eigenvalue weighted by atomic mass is 16.5. The number of aryl methyl sites for hydroxylation is 2. The van der Waals surface area contributed by atoms with Crippen LogP contribution in [0.2, 0.25) is 0 Å². The van der Waals surface area contributed by atoms with Gasteiger partial charge in [-0.3, -0.25) is 0 Å². The molecule has 0 unspecified atom stereocenters. The van der Waals surface area contributed by atoms with E-state index in [2.05, 4.69) is 53.6 Å². The van der Waals surface area contributed by atoms with Gasteiger partial charge >= 0.3 is 0 Å². The van der Waals surface area contributed by atoms with Crippen molar-refractivity contribution >= 4 is 22.7 Å². The molecule has 1 aromatic carbocycles. The van der Waals surface area contributed by atoms with Crippen LogP contribution < -0.4 is 16.2 Å². The number of nitrogens with two attached hydrogens (primary N) is 2. The zero-order valence-electron chi connectivity index (χ0n) is 13.8. The predicted octanol–water partition coefficient (Wildman–Crippen LogP) is 3.36. The molecular weight excluding hydrogens is 290 g/mol. The molecule has 0 aliphatic carbocycles. The molecule has 0 bridgehead atoms. The highest BCUT2D eigenvalue weighted by Gasteiger charge is 2.15. The molecular formula is C17H21N5O. The number of nitrogen functional groups attached to an aromatic ring is 2. The molecule has 0 radical (unpaired) electrons. The van der Waals surface area contributed by atoms with Crippen LogP contribution in [0.1, 0.15) is 30.9 Å². The third kappa shape index (κ3) is 2.67. The summed E-state index contributed by atoms with van der Waals surface area (Å²) < 4.78 is 8.14. The van der Waals surface area contributed by atoms with Crippen LogP contribution in [0, 0.1) is 6.92 Å². The van der Waals surface area contributed by atoms with Crippen LogP contribution in [0.25, 0.3) is 10.9 Å². The molecule has 0 spiro atoms. The lowest BCUT2D eigenvalue weighted by Crippen LogP contribution is -2.02. The summed E-state index contributed by atoms with van der Waals surface area (Å²) in [5.41, 5.74) is 14.9. The Morgan fingerprint density at radius 2 is 1.91 bits per heavy atom. The Labute approximate surface area is 135 Å². The van der Waals surface area contributed by atoms with E-state index < -0.39 is 0 Å². The average molecular weight is 311 g/mol. The van der Waals surface area contributed by atoms with E-state index >= 15 is 0 Å². The summed E-state index contributed by atoms with van der Waals surface area (Å²) in [6.45, 7) is 6.35. The lowest BCUT2D eigenvalue weighted by Gasteiger charge is -2.15. The fraction of sp³-hybridized carbons (Fsp3) is 0.294. The van der Waals surface area contributed by atoms with Crippen LogP contribution >= 0.6 is 0 Å². The molecule has 2 aromatic heterocycles. The average Bonchev–Trinajstić information content (AvgIpc) is 2.75. The van der Waals surface area contributed by atoms with Crippen LogP contribution in [-0.2, 0) is 7.05 Å². The molecule has 3 aromatic rings. The van der Waals surface area contributed by atoms with Gasteiger partial charge in [0.15, 0.2) is 11.6 Å². The topological polar surface area (TPSA) is 92.0 Å². The van der Waals surface area contributed by atoms with E-state index in [1.807, 2.05) is 7.05 Å². The first-order valence-corrected chi connectivity index (χ1v) is 7.52. The number of rotatable bonds is 3. The van der Waals surface area contributed by atoms with Gasteiger partial charge in [0.05, 0.1) is 6.20 Å². The first kappa shape index (κ1) is 15.1. The van der Waals surface area contributed by atoms with E-state index in [1.54, 1.807) is 0 Å². The summed E-state index contributed by atoms with van der Waals surface area (Å²) in [7, 11) is 2.05. The van der Waals surface area contributed by atoms with Crippen molar-refractivity contribution in [3.63, 3.8) is 0 Å². The molecule has 4 N–H and O–H groups in total. The summed E-state index contributed by atoms with van der Waals surface area (Å²) in [6, 6.07) is 4.21. The first-order chi connectivity index (χ1) is 10.9. The molecule has 0 saturated carbocycles. The van der Waals surface area contributed by atoms with Crippen molar-refractivity contribution < 1.29 is 4.74 Å². The van der Waals surface area contributed by atoms with E-state index in [9.17, 15) is 0 Å². The number of aromatic nitrogens is 3. The van der Waals surface area contributed by atoms with Crippen molar-refractivity contribution in [3.05, 3.63) is 35.7 Å². The SMILES string of the molecule is Cc1cn(C)c2cc(C(C)C)c(Oc3cnc(N)nc3N)cc12. The third-order valence-electron chi connectivity index (χ3n) is 3.96. The summed E-state index contributed by atoms with van der Waals surface area (Å²) in [6.07, 6.45) is 3.61. The maximum Gasteiger partial charge on any atom is 0.222 e. The van der Waals surface area contributed by atoms with Crippen molar-refractivity contribution in [3.8, 4) is 11.5 Å². The standard InChI is InChI=1S/C17H21N5O/c1-9(2)11-5-13-12(10(3)8-22(13)4)6-14(11)23-15-7-20-17(19)21-16(15)18/h5-9H,1-4H3,(H4,18,19,20,21). The van der Waals surface area contributed by atoms with Crippen LogP contribution in [0.3, 0.4) is 0 Å². The zero-order valence-corrected chi connectivity index (χ0v) is 13.8. The molecule has 0 aliphatic rings. The first-order valence-electron chi connectivity index (χ1n) is 7.52. The molecule has 6 heteroatoms. The monoisotopic (exact) mass is 311 g/mol. The minimum atomic E-state index is 0.133. The van der Waals surface area contributed by atoms with Gasteiger partial charge in [-0.25, -0.2) is 4.98 Å². The Balaban J connectivity index is 2.14. The maximum absolute atomic E-state index is 6.01. The third-order valence-corrected chi connectivity index (χ3v) is 3.96. The fourth-order valence-electron chi connectivity index (χ4n) is 2.76. The van der Waals surface area contributed by atoms with Gasteiger partial charge in [-0.1, -0.05) is 13.8 Å². The van der Waals surface area contributed by atoms with Crippen LogP contribution in [0.5, 0.6) is 11.5 Å². The second-order valence-corrected chi connectivity index (χ2v) is 6.06. The Bertz CT molecular complexity index is 882. The van der Waals surface area contributed by atoms with Crippen molar-refractivity contribution in [2.45, 2.75) is 26.7 Å². The number of fused-ring (bicyclic) bond motifs is 1. The Hall–Kier alpha value is -2.76. The molecule has 0 amide bonds. The van der Waals surface area contributed by atoms with Crippen LogP contribution in [0.4, 0.5) is 11.8 Å². The van der Waals surface area contributed by atoms with Gasteiger partial charge in [0.25, 0.3) is 0 Å². The lowest BCUT2D eigenvalue weighted by molar-refractivity contribution is 0.472. The van der Waals surface area contributed by atoms with Gasteiger partial charge < -0.3 is 20.8 Å². The quantitative estimate of drug-likeness (QED) is 0.773. The molecule has 0 atom stereocenters. The number of anilines is 2. The largest absolute Gasteiger partial charge is 0.452 e. The van der Waals surface area contributed by atoms with Gasteiger partial charge in [0, 0.05) is 24.1 Å². The number of benzene rings is 1. The highest BCUT2D eigenvalue weighted by Crippen LogP contribution is 2.36. The molecule has 120 valence electrons. The zero-order chi connectivity index (χ0) is 16.7.